The predicted octanol–water partition coefficient (Wildman–Crippen LogP) is 1.72. The van der Waals surface area contributed by atoms with Crippen LogP contribution in [0.15, 0.2) is 36.9 Å². The van der Waals surface area contributed by atoms with Crippen LogP contribution in [0.2, 0.25) is 0 Å². The van der Waals surface area contributed by atoms with Crippen molar-refractivity contribution in [3.8, 4) is 11.5 Å². The molecule has 26 heavy (non-hydrogen) atoms. The molecule has 3 rings (SSSR count). The average Bonchev–Trinajstić information content (AvgIpc) is 3.12. The number of nitrogens with zero attached hydrogens (tertiary/aromatic N) is 4. The van der Waals surface area contributed by atoms with Gasteiger partial charge in [0.25, 0.3) is 0 Å². The van der Waals surface area contributed by atoms with Gasteiger partial charge < -0.3 is 19.3 Å². The molecule has 2 aromatic rings. The molecule has 0 radical (unpaired) electrons. The highest BCUT2D eigenvalue weighted by molar-refractivity contribution is 5.76. The van der Waals surface area contributed by atoms with Crippen LogP contribution in [0.3, 0.4) is 0 Å². The Morgan fingerprint density at radius 3 is 2.77 bits per heavy atom. The first-order chi connectivity index (χ1) is 12.5. The van der Waals surface area contributed by atoms with Gasteiger partial charge >= 0.3 is 0 Å². The first-order valence-corrected chi connectivity index (χ1v) is 8.84. The molecule has 1 saturated heterocycles. The van der Waals surface area contributed by atoms with Gasteiger partial charge in [0.1, 0.15) is 6.54 Å². The molecular weight excluding hydrogens is 332 g/mol. The van der Waals surface area contributed by atoms with Gasteiger partial charge in [-0.3, -0.25) is 9.69 Å². The molecule has 2 heterocycles. The first-order valence-electron chi connectivity index (χ1n) is 8.84. The van der Waals surface area contributed by atoms with E-state index in [1.165, 1.54) is 0 Å². The summed E-state index contributed by atoms with van der Waals surface area (Å²) in [6.45, 7) is 6.78. The zero-order valence-corrected chi connectivity index (χ0v) is 15.5. The molecule has 0 aliphatic carbocycles. The maximum Gasteiger partial charge on any atom is 0.242 e. The van der Waals surface area contributed by atoms with E-state index in [2.05, 4.69) is 23.7 Å². The van der Waals surface area contributed by atoms with Crippen LogP contribution < -0.4 is 4.74 Å². The minimum atomic E-state index is 0.115. The summed E-state index contributed by atoms with van der Waals surface area (Å²) in [4.78, 5) is 20.9. The van der Waals surface area contributed by atoms with Crippen LogP contribution in [0.4, 0.5) is 0 Å². The van der Waals surface area contributed by atoms with Crippen LogP contribution in [-0.2, 0) is 17.9 Å². The monoisotopic (exact) mass is 358 g/mol. The number of carbonyl (C=O) groups is 1. The van der Waals surface area contributed by atoms with Crippen LogP contribution >= 0.6 is 0 Å². The lowest BCUT2D eigenvalue weighted by Gasteiger charge is -2.45. The number of hydrogen-bond donors (Lipinski definition) is 1. The van der Waals surface area contributed by atoms with Crippen molar-refractivity contribution in [3.05, 3.63) is 42.5 Å². The number of benzene rings is 1. The van der Waals surface area contributed by atoms with Gasteiger partial charge in [0.05, 0.1) is 13.4 Å². The van der Waals surface area contributed by atoms with Crippen molar-refractivity contribution in [1.29, 1.82) is 0 Å². The third-order valence-corrected chi connectivity index (χ3v) is 5.22. The maximum atomic E-state index is 12.6. The Balaban J connectivity index is 1.63. The average molecular weight is 358 g/mol. The molecule has 7 heteroatoms. The van der Waals surface area contributed by atoms with Crippen LogP contribution in [0.25, 0.3) is 0 Å². The molecule has 1 N–H and O–H groups in total. The third kappa shape index (κ3) is 3.83. The number of amides is 1. The van der Waals surface area contributed by atoms with E-state index in [1.807, 2.05) is 11.0 Å². The molecule has 7 nitrogen and oxygen atoms in total. The fourth-order valence-electron chi connectivity index (χ4n) is 3.48. The number of phenolic OH excluding ortho intramolecular Hbond substituents is 1. The summed E-state index contributed by atoms with van der Waals surface area (Å²) in [5.74, 6) is 0.744. The molecule has 2 atom stereocenters. The lowest BCUT2D eigenvalue weighted by Crippen LogP contribution is -2.59. The number of imidazole rings is 1. The van der Waals surface area contributed by atoms with Crippen molar-refractivity contribution >= 4 is 5.91 Å². The van der Waals surface area contributed by atoms with Crippen LogP contribution in [0.5, 0.6) is 11.5 Å². The number of piperazine rings is 1. The second-order valence-electron chi connectivity index (χ2n) is 6.78. The van der Waals surface area contributed by atoms with E-state index >= 15 is 0 Å². The standard InChI is InChI=1S/C19H26N4O3/c1-14-15(2)23(19(25)12-21-7-6-20-13-21)9-8-22(14)11-16-4-5-18(26-3)17(24)10-16/h4-7,10,13-15,24H,8-9,11-12H2,1-3H3/t14-,15-/m1/s1. The molecule has 1 amide bonds. The molecule has 0 unspecified atom stereocenters. The molecule has 0 saturated carbocycles. The van der Waals surface area contributed by atoms with Gasteiger partial charge in [-0.1, -0.05) is 6.07 Å². The van der Waals surface area contributed by atoms with E-state index in [0.717, 1.165) is 18.7 Å². The number of phenols is 1. The Bertz CT molecular complexity index is 747. The van der Waals surface area contributed by atoms with Crippen molar-refractivity contribution in [3.63, 3.8) is 0 Å². The summed E-state index contributed by atoms with van der Waals surface area (Å²) in [7, 11) is 1.54. The predicted molar refractivity (Wildman–Crippen MR) is 97.9 cm³/mol. The largest absolute Gasteiger partial charge is 0.504 e. The summed E-state index contributed by atoms with van der Waals surface area (Å²) in [5, 5.41) is 9.97. The summed E-state index contributed by atoms with van der Waals surface area (Å²) >= 11 is 0. The van der Waals surface area contributed by atoms with E-state index in [0.29, 0.717) is 18.8 Å². The molecule has 140 valence electrons. The number of rotatable bonds is 5. The highest BCUT2D eigenvalue weighted by atomic mass is 16.5. The highest BCUT2D eigenvalue weighted by Crippen LogP contribution is 2.28. The summed E-state index contributed by atoms with van der Waals surface area (Å²) < 4.78 is 6.90. The van der Waals surface area contributed by atoms with Crippen molar-refractivity contribution in [2.45, 2.75) is 39.0 Å². The lowest BCUT2D eigenvalue weighted by atomic mass is 10.0. The van der Waals surface area contributed by atoms with Gasteiger partial charge in [0.2, 0.25) is 5.91 Å². The summed E-state index contributed by atoms with van der Waals surface area (Å²) in [6, 6.07) is 5.83. The molecule has 0 spiro atoms. The normalized spacial score (nSPS) is 21.0. The lowest BCUT2D eigenvalue weighted by molar-refractivity contribution is -0.138. The zero-order valence-electron chi connectivity index (χ0n) is 15.5. The Kier molecular flexibility index (Phi) is 5.46. The molecule has 1 aromatic carbocycles. The number of carbonyl (C=O) groups excluding carboxylic acids is 1. The quantitative estimate of drug-likeness (QED) is 0.881. The number of aromatic hydroxyl groups is 1. The minimum Gasteiger partial charge on any atom is -0.504 e. The highest BCUT2D eigenvalue weighted by Gasteiger charge is 2.33. The van der Waals surface area contributed by atoms with Gasteiger partial charge in [-0.05, 0) is 31.5 Å². The van der Waals surface area contributed by atoms with E-state index in [1.54, 1.807) is 42.5 Å². The Labute approximate surface area is 153 Å². The second kappa shape index (κ2) is 7.78. The molecular formula is C19H26N4O3. The smallest absolute Gasteiger partial charge is 0.242 e. The van der Waals surface area contributed by atoms with Crippen molar-refractivity contribution < 1.29 is 14.6 Å². The van der Waals surface area contributed by atoms with Crippen LogP contribution in [0.1, 0.15) is 19.4 Å². The maximum absolute atomic E-state index is 12.6. The van der Waals surface area contributed by atoms with Crippen molar-refractivity contribution in [1.82, 2.24) is 19.4 Å². The first kappa shape index (κ1) is 18.3. The van der Waals surface area contributed by atoms with E-state index in [-0.39, 0.29) is 23.7 Å². The van der Waals surface area contributed by atoms with Crippen molar-refractivity contribution in [2.75, 3.05) is 20.2 Å². The van der Waals surface area contributed by atoms with Crippen molar-refractivity contribution in [2.24, 2.45) is 0 Å². The molecule has 1 aromatic heterocycles. The summed E-state index contributed by atoms with van der Waals surface area (Å²) in [6.07, 6.45) is 5.15. The summed E-state index contributed by atoms with van der Waals surface area (Å²) in [5.41, 5.74) is 1.03. The number of ether oxygens (including phenoxy) is 1. The number of aromatic nitrogens is 2. The molecule has 1 aliphatic heterocycles. The zero-order chi connectivity index (χ0) is 18.7. The molecule has 0 bridgehead atoms. The topological polar surface area (TPSA) is 70.8 Å². The van der Waals surface area contributed by atoms with E-state index in [9.17, 15) is 9.90 Å². The van der Waals surface area contributed by atoms with Gasteiger partial charge in [0.15, 0.2) is 11.5 Å². The van der Waals surface area contributed by atoms with Gasteiger partial charge in [-0.2, -0.15) is 0 Å². The number of methoxy groups -OCH3 is 1. The van der Waals surface area contributed by atoms with Crippen LogP contribution in [-0.4, -0.2) is 62.6 Å². The SMILES string of the molecule is COc1ccc(CN2CCN(C(=O)Cn3ccnc3)[C@H](C)[C@H]2C)cc1O. The fraction of sp³-hybridized carbons (Fsp3) is 0.474. The van der Waals surface area contributed by atoms with Gasteiger partial charge in [-0.25, -0.2) is 4.98 Å². The van der Waals surface area contributed by atoms with Gasteiger partial charge in [-0.15, -0.1) is 0 Å². The van der Waals surface area contributed by atoms with E-state index in [4.69, 9.17) is 4.74 Å². The third-order valence-electron chi connectivity index (χ3n) is 5.22. The number of hydrogen-bond acceptors (Lipinski definition) is 5. The van der Waals surface area contributed by atoms with Crippen LogP contribution in [0, 0.1) is 0 Å². The fourth-order valence-corrected chi connectivity index (χ4v) is 3.48. The molecule has 1 aliphatic rings. The molecule has 1 fully saturated rings. The second-order valence-corrected chi connectivity index (χ2v) is 6.78. The minimum absolute atomic E-state index is 0.115. The Morgan fingerprint density at radius 1 is 1.31 bits per heavy atom. The Hall–Kier alpha value is -2.54. The van der Waals surface area contributed by atoms with Gasteiger partial charge in [0, 0.05) is 44.1 Å². The van der Waals surface area contributed by atoms with E-state index < -0.39 is 0 Å². The Morgan fingerprint density at radius 2 is 2.12 bits per heavy atom.